The van der Waals surface area contributed by atoms with Crippen LogP contribution in [0.3, 0.4) is 0 Å². The molecule has 0 aromatic rings. The van der Waals surface area contributed by atoms with Crippen LogP contribution in [0.2, 0.25) is 0 Å². The van der Waals surface area contributed by atoms with E-state index in [0.717, 1.165) is 23.3 Å². The third-order valence-electron chi connectivity index (χ3n) is 3.28. The van der Waals surface area contributed by atoms with Crippen LogP contribution >= 0.6 is 0 Å². The molecule has 2 N–H and O–H groups in total. The molecule has 0 saturated carbocycles. The summed E-state index contributed by atoms with van der Waals surface area (Å²) >= 11 is 0. The molecule has 2 rings (SSSR count). The van der Waals surface area contributed by atoms with Gasteiger partial charge in [-0.05, 0) is 6.08 Å². The number of aliphatic hydroxyl groups excluding tert-OH is 2. The first-order chi connectivity index (χ1) is 9.43. The zero-order chi connectivity index (χ0) is 14.9. The van der Waals surface area contributed by atoms with Crippen LogP contribution in [0, 0.1) is 0 Å². The van der Waals surface area contributed by atoms with Crippen LogP contribution < -0.4 is 0 Å². The Morgan fingerprint density at radius 2 is 2.35 bits per heavy atom. The molecule has 0 aromatic carbocycles. The van der Waals surface area contributed by atoms with Crippen molar-refractivity contribution in [2.24, 2.45) is 0 Å². The van der Waals surface area contributed by atoms with E-state index in [1.807, 2.05) is 0 Å². The van der Waals surface area contributed by atoms with Crippen molar-refractivity contribution < 1.29 is 28.9 Å². The first-order valence-corrected chi connectivity index (χ1v) is 5.96. The van der Waals surface area contributed by atoms with Crippen molar-refractivity contribution in [1.82, 2.24) is 4.90 Å². The van der Waals surface area contributed by atoms with Crippen molar-refractivity contribution in [3.8, 4) is 0 Å². The molecule has 2 aliphatic heterocycles. The highest BCUT2D eigenvalue weighted by molar-refractivity contribution is 6.06. The summed E-state index contributed by atoms with van der Waals surface area (Å²) in [6, 6.07) is 0. The summed E-state index contributed by atoms with van der Waals surface area (Å²) in [7, 11) is 0. The maximum absolute atomic E-state index is 14.9. The summed E-state index contributed by atoms with van der Waals surface area (Å²) < 4.78 is 20.1. The normalized spacial score (nSPS) is 37.1. The fourth-order valence-corrected chi connectivity index (χ4v) is 2.26. The van der Waals surface area contributed by atoms with Crippen LogP contribution in [-0.2, 0) is 14.3 Å². The van der Waals surface area contributed by atoms with Gasteiger partial charge in [0.15, 0.2) is 12.0 Å². The summed E-state index contributed by atoms with van der Waals surface area (Å²) in [6.07, 6.45) is -1.66. The molecule has 0 radical (unpaired) electrons. The van der Waals surface area contributed by atoms with E-state index in [9.17, 15) is 19.1 Å². The summed E-state index contributed by atoms with van der Waals surface area (Å²) in [4.78, 5) is 23.8. The second kappa shape index (κ2) is 5.30. The van der Waals surface area contributed by atoms with Crippen molar-refractivity contribution >= 4 is 11.7 Å². The molecule has 1 fully saturated rings. The van der Waals surface area contributed by atoms with Gasteiger partial charge in [0.05, 0.1) is 13.0 Å². The predicted octanol–water partition coefficient (Wildman–Crippen LogP) is -0.571. The summed E-state index contributed by atoms with van der Waals surface area (Å²) in [5, 5.41) is 19.0. The molecule has 1 amide bonds. The molecule has 7 heteroatoms. The van der Waals surface area contributed by atoms with Crippen LogP contribution in [0.5, 0.6) is 0 Å². The number of hydrogen-bond acceptors (Lipinski definition) is 5. The van der Waals surface area contributed by atoms with Crippen molar-refractivity contribution in [2.75, 3.05) is 6.61 Å². The maximum Gasteiger partial charge on any atom is 0.236 e. The number of aliphatic hydroxyl groups is 2. The van der Waals surface area contributed by atoms with Crippen molar-refractivity contribution in [3.05, 3.63) is 30.7 Å². The number of halogens is 1. The first-order valence-electron chi connectivity index (χ1n) is 5.96. The van der Waals surface area contributed by atoms with Gasteiger partial charge >= 0.3 is 0 Å². The lowest BCUT2D eigenvalue weighted by Crippen LogP contribution is -2.52. The van der Waals surface area contributed by atoms with Gasteiger partial charge in [-0.25, -0.2) is 4.39 Å². The van der Waals surface area contributed by atoms with Crippen LogP contribution in [0.4, 0.5) is 4.39 Å². The largest absolute Gasteiger partial charge is 0.394 e. The molecule has 6 nitrogen and oxygen atoms in total. The lowest BCUT2D eigenvalue weighted by Gasteiger charge is -2.33. The topological polar surface area (TPSA) is 87.1 Å². The van der Waals surface area contributed by atoms with Crippen LogP contribution in [-0.4, -0.2) is 57.5 Å². The minimum absolute atomic E-state index is 0.396. The molecule has 108 valence electrons. The number of hydrogen-bond donors (Lipinski definition) is 2. The molecule has 1 saturated heterocycles. The Hall–Kier alpha value is -1.79. The van der Waals surface area contributed by atoms with E-state index in [4.69, 9.17) is 9.84 Å². The average Bonchev–Trinajstić information content (AvgIpc) is 2.63. The SMILES string of the molecule is C=C=C[C@@]1(F)[C@H](O)[C@@H](CO)O[C@H]1N1C=CC(=O)CC1=O. The summed E-state index contributed by atoms with van der Waals surface area (Å²) in [5.74, 6) is -1.04. The molecule has 0 bridgehead atoms. The number of carbonyl (C=O) groups excluding carboxylic acids is 2. The number of allylic oxidation sites excluding steroid dienone is 1. The van der Waals surface area contributed by atoms with Crippen molar-refractivity contribution in [1.29, 1.82) is 0 Å². The van der Waals surface area contributed by atoms with Crippen LogP contribution in [0.1, 0.15) is 6.42 Å². The van der Waals surface area contributed by atoms with Gasteiger partial charge in [0.1, 0.15) is 12.2 Å². The van der Waals surface area contributed by atoms with E-state index in [2.05, 4.69) is 12.3 Å². The van der Waals surface area contributed by atoms with E-state index in [1.54, 1.807) is 0 Å². The molecular formula is C13H14FNO5. The highest BCUT2D eigenvalue weighted by Crippen LogP contribution is 2.38. The quantitative estimate of drug-likeness (QED) is 0.535. The van der Waals surface area contributed by atoms with E-state index in [-0.39, 0.29) is 0 Å². The number of rotatable bonds is 3. The number of ether oxygens (including phenoxy) is 1. The van der Waals surface area contributed by atoms with E-state index in [1.165, 1.54) is 0 Å². The van der Waals surface area contributed by atoms with Gasteiger partial charge in [-0.2, -0.15) is 0 Å². The molecule has 0 unspecified atom stereocenters. The minimum Gasteiger partial charge on any atom is -0.394 e. The Bertz CT molecular complexity index is 513. The smallest absolute Gasteiger partial charge is 0.236 e. The van der Waals surface area contributed by atoms with E-state index < -0.39 is 48.8 Å². The maximum atomic E-state index is 14.9. The molecule has 0 aliphatic carbocycles. The third-order valence-corrected chi connectivity index (χ3v) is 3.28. The van der Waals surface area contributed by atoms with Gasteiger partial charge in [-0.3, -0.25) is 14.5 Å². The predicted molar refractivity (Wildman–Crippen MR) is 64.9 cm³/mol. The number of carbonyl (C=O) groups is 2. The first kappa shape index (κ1) is 14.6. The fraction of sp³-hybridized carbons (Fsp3) is 0.462. The average molecular weight is 283 g/mol. The fourth-order valence-electron chi connectivity index (χ4n) is 2.26. The minimum atomic E-state index is -2.46. The Morgan fingerprint density at radius 3 is 2.90 bits per heavy atom. The van der Waals surface area contributed by atoms with Crippen molar-refractivity contribution in [2.45, 2.75) is 30.5 Å². The van der Waals surface area contributed by atoms with E-state index in [0.29, 0.717) is 0 Å². The Balaban J connectivity index is 2.38. The Kier molecular flexibility index (Phi) is 3.87. The highest BCUT2D eigenvalue weighted by atomic mass is 19.1. The number of amides is 1. The van der Waals surface area contributed by atoms with Gasteiger partial charge in [0.2, 0.25) is 11.6 Å². The van der Waals surface area contributed by atoms with Gasteiger partial charge in [-0.15, -0.1) is 5.73 Å². The zero-order valence-electron chi connectivity index (χ0n) is 10.5. The zero-order valence-corrected chi connectivity index (χ0v) is 10.5. The van der Waals surface area contributed by atoms with Crippen LogP contribution in [0.25, 0.3) is 0 Å². The number of nitrogens with zero attached hydrogens (tertiary/aromatic N) is 1. The summed E-state index contributed by atoms with van der Waals surface area (Å²) in [6.45, 7) is 2.63. The summed E-state index contributed by atoms with van der Waals surface area (Å²) in [5.41, 5.74) is -0.245. The molecule has 2 aliphatic rings. The Labute approximate surface area is 114 Å². The molecule has 20 heavy (non-hydrogen) atoms. The number of alkyl halides is 1. The lowest BCUT2D eigenvalue weighted by atomic mass is 9.95. The monoisotopic (exact) mass is 283 g/mol. The van der Waals surface area contributed by atoms with Gasteiger partial charge < -0.3 is 14.9 Å². The van der Waals surface area contributed by atoms with Crippen LogP contribution in [0.15, 0.2) is 30.7 Å². The van der Waals surface area contributed by atoms with Crippen molar-refractivity contribution in [3.63, 3.8) is 0 Å². The lowest BCUT2D eigenvalue weighted by molar-refractivity contribution is -0.149. The second-order valence-electron chi connectivity index (χ2n) is 4.59. The second-order valence-corrected chi connectivity index (χ2v) is 4.59. The number of ketones is 1. The highest BCUT2D eigenvalue weighted by Gasteiger charge is 2.58. The van der Waals surface area contributed by atoms with E-state index >= 15 is 0 Å². The molecule has 4 atom stereocenters. The molecule has 0 aromatic heterocycles. The molecule has 0 spiro atoms. The van der Waals surface area contributed by atoms with Gasteiger partial charge in [0, 0.05) is 12.3 Å². The Morgan fingerprint density at radius 1 is 1.65 bits per heavy atom. The standard InChI is InChI=1S/C13H14FNO5/c1-2-4-13(14)11(19)9(7-16)20-12(13)15-5-3-8(17)6-10(15)18/h3-5,9,11-12,16,19H,1,6-7H2/t9-,11-,12-,13-/m1/s1. The molecule has 2 heterocycles. The third kappa shape index (κ3) is 2.21. The van der Waals surface area contributed by atoms with Gasteiger partial charge in [-0.1, -0.05) is 6.58 Å². The molecular weight excluding hydrogens is 269 g/mol. The van der Waals surface area contributed by atoms with Gasteiger partial charge in [0.25, 0.3) is 0 Å².